The fourth-order valence-electron chi connectivity index (χ4n) is 1.45. The van der Waals surface area contributed by atoms with Crippen LogP contribution in [-0.4, -0.2) is 17.5 Å². The number of aliphatic imine (C=N–C) groups is 1. The van der Waals surface area contributed by atoms with Gasteiger partial charge in [0, 0.05) is 22.4 Å². The van der Waals surface area contributed by atoms with E-state index < -0.39 is 6.17 Å². The third kappa shape index (κ3) is 2.15. The highest BCUT2D eigenvalue weighted by Gasteiger charge is 2.14. The first-order valence-corrected chi connectivity index (χ1v) is 5.21. The summed E-state index contributed by atoms with van der Waals surface area (Å²) in [4.78, 5) is 4.03. The van der Waals surface area contributed by atoms with E-state index in [4.69, 9.17) is 17.3 Å². The van der Waals surface area contributed by atoms with Crippen molar-refractivity contribution < 1.29 is 5.11 Å². The van der Waals surface area contributed by atoms with Gasteiger partial charge in [0.25, 0.3) is 0 Å². The minimum Gasteiger partial charge on any atom is -0.507 e. The topological polar surface area (TPSA) is 58.6 Å². The number of allylic oxidation sites excluding steroid dienone is 1. The van der Waals surface area contributed by atoms with Crippen LogP contribution >= 0.6 is 11.6 Å². The average molecular weight is 235 g/mol. The Labute approximate surface area is 98.6 Å². The largest absolute Gasteiger partial charge is 0.507 e. The summed E-state index contributed by atoms with van der Waals surface area (Å²) < 4.78 is 0. The van der Waals surface area contributed by atoms with Crippen molar-refractivity contribution in [2.24, 2.45) is 10.7 Å². The number of rotatable bonds is 1. The number of benzene rings is 1. The summed E-state index contributed by atoms with van der Waals surface area (Å²) in [7, 11) is 0. The van der Waals surface area contributed by atoms with Gasteiger partial charge in [-0.3, -0.25) is 4.99 Å². The number of hydrogen-bond acceptors (Lipinski definition) is 3. The molecule has 1 aliphatic rings. The smallest absolute Gasteiger partial charge is 0.124 e. The molecule has 1 aromatic rings. The molecule has 1 heterocycles. The Kier molecular flexibility index (Phi) is 3.08. The lowest BCUT2D eigenvalue weighted by Crippen LogP contribution is -2.22. The van der Waals surface area contributed by atoms with Crippen molar-refractivity contribution >= 4 is 23.9 Å². The first-order chi connectivity index (χ1) is 7.68. The molecule has 0 spiro atoms. The number of nitrogens with two attached hydrogens (primary N) is 1. The molecule has 0 fully saturated rings. The van der Waals surface area contributed by atoms with Crippen molar-refractivity contribution in [1.82, 2.24) is 0 Å². The Morgan fingerprint density at radius 3 is 2.81 bits per heavy atom. The van der Waals surface area contributed by atoms with Gasteiger partial charge in [-0.1, -0.05) is 29.8 Å². The number of aromatic hydroxyl groups is 1. The maximum Gasteiger partial charge on any atom is 0.124 e. The molecule has 0 saturated heterocycles. The molecule has 0 aliphatic carbocycles. The van der Waals surface area contributed by atoms with Crippen LogP contribution in [0.15, 0.2) is 45.9 Å². The SMILES string of the molecule is NC1N=CC=C(Cl)C1=Cc1ccccc1O. The van der Waals surface area contributed by atoms with Crippen molar-refractivity contribution in [3.63, 3.8) is 0 Å². The summed E-state index contributed by atoms with van der Waals surface area (Å²) in [5, 5.41) is 10.2. The minimum absolute atomic E-state index is 0.196. The van der Waals surface area contributed by atoms with E-state index in [0.717, 1.165) is 0 Å². The van der Waals surface area contributed by atoms with Gasteiger partial charge in [0.15, 0.2) is 0 Å². The molecule has 0 bridgehead atoms. The van der Waals surface area contributed by atoms with Crippen LogP contribution in [-0.2, 0) is 0 Å². The Morgan fingerprint density at radius 2 is 2.12 bits per heavy atom. The van der Waals surface area contributed by atoms with Gasteiger partial charge in [-0.2, -0.15) is 0 Å². The lowest BCUT2D eigenvalue weighted by molar-refractivity contribution is 0.474. The van der Waals surface area contributed by atoms with Crippen molar-refractivity contribution in [2.45, 2.75) is 6.17 Å². The summed E-state index contributed by atoms with van der Waals surface area (Å²) in [6.07, 6.45) is 4.53. The Balaban J connectivity index is 2.41. The van der Waals surface area contributed by atoms with E-state index in [1.54, 1.807) is 36.6 Å². The Morgan fingerprint density at radius 1 is 1.38 bits per heavy atom. The zero-order chi connectivity index (χ0) is 11.5. The fraction of sp³-hybridized carbons (Fsp3) is 0.0833. The number of phenols is 1. The molecule has 0 aromatic heterocycles. The molecule has 1 aromatic carbocycles. The van der Waals surface area contributed by atoms with E-state index in [1.807, 2.05) is 6.07 Å². The van der Waals surface area contributed by atoms with E-state index in [0.29, 0.717) is 16.2 Å². The normalized spacial score (nSPS) is 22.2. The van der Waals surface area contributed by atoms with Crippen LogP contribution in [0.25, 0.3) is 6.08 Å². The predicted octanol–water partition coefficient (Wildman–Crippen LogP) is 2.27. The fourth-order valence-corrected chi connectivity index (χ4v) is 1.67. The van der Waals surface area contributed by atoms with Gasteiger partial charge < -0.3 is 10.8 Å². The molecule has 0 amide bonds. The van der Waals surface area contributed by atoms with Crippen LogP contribution < -0.4 is 5.73 Å². The molecule has 3 nitrogen and oxygen atoms in total. The van der Waals surface area contributed by atoms with Crippen LogP contribution in [0, 0.1) is 0 Å². The van der Waals surface area contributed by atoms with Crippen molar-refractivity contribution in [3.05, 3.63) is 46.5 Å². The van der Waals surface area contributed by atoms with Crippen molar-refractivity contribution in [2.75, 3.05) is 0 Å². The number of halogens is 1. The molecule has 4 heteroatoms. The first kappa shape index (κ1) is 10.9. The summed E-state index contributed by atoms with van der Waals surface area (Å²) in [6.45, 7) is 0. The van der Waals surface area contributed by atoms with E-state index >= 15 is 0 Å². The third-order valence-electron chi connectivity index (χ3n) is 2.31. The zero-order valence-corrected chi connectivity index (χ0v) is 9.22. The molecule has 0 radical (unpaired) electrons. The van der Waals surface area contributed by atoms with Crippen molar-refractivity contribution in [3.8, 4) is 5.75 Å². The summed E-state index contributed by atoms with van der Waals surface area (Å²) in [6, 6.07) is 6.99. The maximum absolute atomic E-state index is 9.63. The monoisotopic (exact) mass is 234 g/mol. The predicted molar refractivity (Wildman–Crippen MR) is 66.5 cm³/mol. The van der Waals surface area contributed by atoms with Crippen LogP contribution in [0.5, 0.6) is 5.75 Å². The maximum atomic E-state index is 9.63. The molecular formula is C12H11ClN2O. The molecule has 2 rings (SSSR count). The van der Waals surface area contributed by atoms with Gasteiger partial charge in [-0.15, -0.1) is 0 Å². The standard InChI is InChI=1S/C12H11ClN2O/c13-10-5-6-15-12(14)9(10)7-8-3-1-2-4-11(8)16/h1-7,12,16H,14H2. The van der Waals surface area contributed by atoms with Crippen LogP contribution in [0.4, 0.5) is 0 Å². The van der Waals surface area contributed by atoms with Gasteiger partial charge in [-0.25, -0.2) is 0 Å². The first-order valence-electron chi connectivity index (χ1n) is 4.83. The van der Waals surface area contributed by atoms with Gasteiger partial charge in [0.05, 0.1) is 0 Å². The minimum atomic E-state index is -0.475. The average Bonchev–Trinajstić information content (AvgIpc) is 2.26. The highest BCUT2D eigenvalue weighted by Crippen LogP contribution is 2.26. The number of phenolic OH excluding ortho intramolecular Hbond substituents is 1. The van der Waals surface area contributed by atoms with E-state index in [2.05, 4.69) is 4.99 Å². The Bertz CT molecular complexity index is 492. The Hall–Kier alpha value is -1.58. The number of hydrogen-bond donors (Lipinski definition) is 2. The van der Waals surface area contributed by atoms with Gasteiger partial charge in [0.1, 0.15) is 11.9 Å². The van der Waals surface area contributed by atoms with Crippen LogP contribution in [0.1, 0.15) is 5.56 Å². The van der Waals surface area contributed by atoms with Gasteiger partial charge >= 0.3 is 0 Å². The van der Waals surface area contributed by atoms with Crippen molar-refractivity contribution in [1.29, 1.82) is 0 Å². The number of nitrogens with zero attached hydrogens (tertiary/aromatic N) is 1. The molecule has 1 unspecified atom stereocenters. The van der Waals surface area contributed by atoms with Gasteiger partial charge in [0.2, 0.25) is 0 Å². The molecular weight excluding hydrogens is 224 g/mol. The van der Waals surface area contributed by atoms with Crippen LogP contribution in [0.2, 0.25) is 0 Å². The molecule has 1 aliphatic heterocycles. The molecule has 82 valence electrons. The van der Waals surface area contributed by atoms with E-state index in [-0.39, 0.29) is 5.75 Å². The molecule has 1 atom stereocenters. The lowest BCUT2D eigenvalue weighted by atomic mass is 10.1. The molecule has 0 saturated carbocycles. The summed E-state index contributed by atoms with van der Waals surface area (Å²) >= 11 is 6.02. The third-order valence-corrected chi connectivity index (χ3v) is 2.65. The van der Waals surface area contributed by atoms with E-state index in [1.165, 1.54) is 0 Å². The van der Waals surface area contributed by atoms with Gasteiger partial charge in [-0.05, 0) is 18.2 Å². The quantitative estimate of drug-likeness (QED) is 0.783. The second-order valence-electron chi connectivity index (χ2n) is 3.42. The van der Waals surface area contributed by atoms with Crippen LogP contribution in [0.3, 0.4) is 0 Å². The second kappa shape index (κ2) is 4.51. The highest BCUT2D eigenvalue weighted by atomic mass is 35.5. The highest BCUT2D eigenvalue weighted by molar-refractivity contribution is 6.33. The number of dihydropyridines is 1. The molecule has 3 N–H and O–H groups in total. The number of para-hydroxylation sites is 1. The zero-order valence-electron chi connectivity index (χ0n) is 8.47. The molecule has 16 heavy (non-hydrogen) atoms. The van der Waals surface area contributed by atoms with E-state index in [9.17, 15) is 5.11 Å². The summed E-state index contributed by atoms with van der Waals surface area (Å²) in [5.41, 5.74) is 7.17. The lowest BCUT2D eigenvalue weighted by Gasteiger charge is -2.14. The second-order valence-corrected chi connectivity index (χ2v) is 3.82. The summed E-state index contributed by atoms with van der Waals surface area (Å²) in [5.74, 6) is 0.196.